The first-order valence-corrected chi connectivity index (χ1v) is 7.23. The van der Waals surface area contributed by atoms with Crippen molar-refractivity contribution in [1.29, 1.82) is 0 Å². The van der Waals surface area contributed by atoms with Crippen LogP contribution in [0.15, 0.2) is 12.5 Å². The fourth-order valence-electron chi connectivity index (χ4n) is 2.08. The molecule has 0 aliphatic heterocycles. The minimum atomic E-state index is 0.477. The minimum Gasteiger partial charge on any atom is -0.310 e. The van der Waals surface area contributed by atoms with Crippen LogP contribution in [0.1, 0.15) is 44.3 Å². The van der Waals surface area contributed by atoms with Crippen molar-refractivity contribution in [2.45, 2.75) is 59.8 Å². The molecule has 0 aliphatic carbocycles. The molecule has 0 aromatic carbocycles. The van der Waals surface area contributed by atoms with E-state index in [1.807, 2.05) is 16.3 Å². The van der Waals surface area contributed by atoms with E-state index in [9.17, 15) is 0 Å². The third-order valence-electron chi connectivity index (χ3n) is 3.18. The maximum absolute atomic E-state index is 4.56. The molecule has 0 aliphatic rings. The van der Waals surface area contributed by atoms with E-state index in [0.29, 0.717) is 12.6 Å². The van der Waals surface area contributed by atoms with Crippen molar-refractivity contribution in [2.24, 2.45) is 0 Å². The van der Waals surface area contributed by atoms with E-state index < -0.39 is 0 Å². The molecule has 0 atom stereocenters. The lowest BCUT2D eigenvalue weighted by Crippen LogP contribution is -2.21. The summed E-state index contributed by atoms with van der Waals surface area (Å²) in [6.45, 7) is 10.9. The number of rotatable bonds is 7. The van der Waals surface area contributed by atoms with Gasteiger partial charge in [-0.1, -0.05) is 20.8 Å². The van der Waals surface area contributed by atoms with E-state index in [-0.39, 0.29) is 0 Å². The van der Waals surface area contributed by atoms with Crippen molar-refractivity contribution in [3.63, 3.8) is 0 Å². The van der Waals surface area contributed by atoms with Gasteiger partial charge in [-0.05, 0) is 13.3 Å². The van der Waals surface area contributed by atoms with E-state index in [4.69, 9.17) is 0 Å². The lowest BCUT2D eigenvalue weighted by Gasteiger charge is -2.06. The summed E-state index contributed by atoms with van der Waals surface area (Å²) in [7, 11) is 0. The van der Waals surface area contributed by atoms with Gasteiger partial charge in [-0.25, -0.2) is 9.67 Å². The molecular formula is C14H24N6. The summed E-state index contributed by atoms with van der Waals surface area (Å²) in [5.74, 6) is 0.956. The first-order valence-electron chi connectivity index (χ1n) is 7.23. The SMILES string of the molecule is CCCn1ncnc1Cn1cc(CNC(C)C)c(C)n1. The van der Waals surface area contributed by atoms with Crippen molar-refractivity contribution in [1.82, 2.24) is 29.9 Å². The van der Waals surface area contributed by atoms with Crippen molar-refractivity contribution >= 4 is 0 Å². The summed E-state index contributed by atoms with van der Waals surface area (Å²) >= 11 is 0. The fourth-order valence-corrected chi connectivity index (χ4v) is 2.08. The van der Waals surface area contributed by atoms with Crippen LogP contribution in [0, 0.1) is 6.92 Å². The Morgan fingerprint density at radius 2 is 2.15 bits per heavy atom. The number of nitrogens with one attached hydrogen (secondary N) is 1. The molecule has 2 aromatic heterocycles. The zero-order valence-corrected chi connectivity index (χ0v) is 12.8. The normalized spacial score (nSPS) is 11.4. The van der Waals surface area contributed by atoms with Gasteiger partial charge in [0.2, 0.25) is 0 Å². The summed E-state index contributed by atoms with van der Waals surface area (Å²) in [5, 5.41) is 12.2. The van der Waals surface area contributed by atoms with Crippen LogP contribution in [0.4, 0.5) is 0 Å². The molecule has 2 rings (SSSR count). The lowest BCUT2D eigenvalue weighted by atomic mass is 10.2. The monoisotopic (exact) mass is 276 g/mol. The lowest BCUT2D eigenvalue weighted by molar-refractivity contribution is 0.537. The van der Waals surface area contributed by atoms with Crippen LogP contribution >= 0.6 is 0 Å². The molecule has 0 amide bonds. The highest BCUT2D eigenvalue weighted by Gasteiger charge is 2.09. The predicted octanol–water partition coefficient (Wildman–Crippen LogP) is 1.74. The van der Waals surface area contributed by atoms with Crippen LogP contribution in [-0.4, -0.2) is 30.6 Å². The van der Waals surface area contributed by atoms with E-state index in [1.165, 1.54) is 5.56 Å². The van der Waals surface area contributed by atoms with Crippen LogP contribution in [-0.2, 0) is 19.6 Å². The Bertz CT molecular complexity index is 540. The van der Waals surface area contributed by atoms with Gasteiger partial charge in [0.05, 0.1) is 5.69 Å². The van der Waals surface area contributed by atoms with Gasteiger partial charge in [-0.15, -0.1) is 0 Å². The van der Waals surface area contributed by atoms with Crippen LogP contribution in [0.5, 0.6) is 0 Å². The van der Waals surface area contributed by atoms with Gasteiger partial charge in [0.1, 0.15) is 18.7 Å². The number of aromatic nitrogens is 5. The first-order chi connectivity index (χ1) is 9.60. The zero-order chi connectivity index (χ0) is 14.5. The van der Waals surface area contributed by atoms with Gasteiger partial charge in [0.15, 0.2) is 0 Å². The molecular weight excluding hydrogens is 252 g/mol. The molecule has 2 aromatic rings. The Balaban J connectivity index is 2.06. The van der Waals surface area contributed by atoms with Gasteiger partial charge in [-0.3, -0.25) is 4.68 Å². The van der Waals surface area contributed by atoms with E-state index in [2.05, 4.69) is 47.5 Å². The molecule has 6 nitrogen and oxygen atoms in total. The second-order valence-electron chi connectivity index (χ2n) is 5.37. The average molecular weight is 276 g/mol. The van der Waals surface area contributed by atoms with Crippen LogP contribution in [0.2, 0.25) is 0 Å². The summed E-state index contributed by atoms with van der Waals surface area (Å²) in [6.07, 6.45) is 4.76. The maximum atomic E-state index is 4.56. The third kappa shape index (κ3) is 3.66. The topological polar surface area (TPSA) is 60.6 Å². The average Bonchev–Trinajstić information content (AvgIpc) is 2.95. The van der Waals surface area contributed by atoms with Crippen molar-refractivity contribution < 1.29 is 0 Å². The molecule has 0 saturated carbocycles. The number of nitrogens with zero attached hydrogens (tertiary/aromatic N) is 5. The Hall–Kier alpha value is -1.69. The van der Waals surface area contributed by atoms with Gasteiger partial charge in [0.25, 0.3) is 0 Å². The molecule has 2 heterocycles. The molecule has 0 fully saturated rings. The van der Waals surface area contributed by atoms with Crippen LogP contribution in [0.3, 0.4) is 0 Å². The number of hydrogen-bond donors (Lipinski definition) is 1. The van der Waals surface area contributed by atoms with Crippen molar-refractivity contribution in [3.8, 4) is 0 Å². The maximum Gasteiger partial charge on any atom is 0.148 e. The highest BCUT2D eigenvalue weighted by atomic mass is 15.4. The second-order valence-corrected chi connectivity index (χ2v) is 5.37. The van der Waals surface area contributed by atoms with Gasteiger partial charge in [-0.2, -0.15) is 10.2 Å². The second kappa shape index (κ2) is 6.65. The molecule has 0 bridgehead atoms. The molecule has 110 valence electrons. The Morgan fingerprint density at radius 3 is 2.85 bits per heavy atom. The zero-order valence-electron chi connectivity index (χ0n) is 12.8. The van der Waals surface area contributed by atoms with Gasteiger partial charge >= 0.3 is 0 Å². The van der Waals surface area contributed by atoms with E-state index in [1.54, 1.807) is 6.33 Å². The van der Waals surface area contributed by atoms with Gasteiger partial charge < -0.3 is 5.32 Å². The number of aryl methyl sites for hydroxylation is 2. The van der Waals surface area contributed by atoms with Crippen molar-refractivity contribution in [3.05, 3.63) is 29.6 Å². The molecule has 20 heavy (non-hydrogen) atoms. The minimum absolute atomic E-state index is 0.477. The predicted molar refractivity (Wildman–Crippen MR) is 78.4 cm³/mol. The highest BCUT2D eigenvalue weighted by molar-refractivity contribution is 5.15. The summed E-state index contributed by atoms with van der Waals surface area (Å²) < 4.78 is 3.89. The molecule has 0 saturated heterocycles. The van der Waals surface area contributed by atoms with Gasteiger partial charge in [0, 0.05) is 30.9 Å². The standard InChI is InChI=1S/C14H24N6/c1-5-6-20-14(16-10-17-20)9-19-8-13(12(4)18-19)7-15-11(2)3/h8,10-11,15H,5-7,9H2,1-4H3. The number of hydrogen-bond acceptors (Lipinski definition) is 4. The Labute approximate surface area is 120 Å². The molecule has 1 N–H and O–H groups in total. The van der Waals surface area contributed by atoms with E-state index >= 15 is 0 Å². The largest absolute Gasteiger partial charge is 0.310 e. The first kappa shape index (κ1) is 14.7. The summed E-state index contributed by atoms with van der Waals surface area (Å²) in [4.78, 5) is 4.32. The third-order valence-corrected chi connectivity index (χ3v) is 3.18. The molecule has 0 radical (unpaired) electrons. The van der Waals surface area contributed by atoms with Crippen molar-refractivity contribution in [2.75, 3.05) is 0 Å². The van der Waals surface area contributed by atoms with E-state index in [0.717, 1.165) is 31.0 Å². The summed E-state index contributed by atoms with van der Waals surface area (Å²) in [5.41, 5.74) is 2.31. The smallest absolute Gasteiger partial charge is 0.148 e. The molecule has 0 unspecified atom stereocenters. The quantitative estimate of drug-likeness (QED) is 0.837. The Morgan fingerprint density at radius 1 is 1.35 bits per heavy atom. The fraction of sp³-hybridized carbons (Fsp3) is 0.643. The molecule has 0 spiro atoms. The van der Waals surface area contributed by atoms with Crippen LogP contribution < -0.4 is 5.32 Å². The molecule has 6 heteroatoms. The highest BCUT2D eigenvalue weighted by Crippen LogP contribution is 2.08. The Kier molecular flexibility index (Phi) is 4.89. The van der Waals surface area contributed by atoms with Crippen LogP contribution in [0.25, 0.3) is 0 Å². The summed E-state index contributed by atoms with van der Waals surface area (Å²) in [6, 6.07) is 0.477.